The lowest BCUT2D eigenvalue weighted by Crippen LogP contribution is -2.36. The maximum atomic E-state index is 12.9. The first kappa shape index (κ1) is 20.7. The van der Waals surface area contributed by atoms with Gasteiger partial charge in [-0.2, -0.15) is 0 Å². The fourth-order valence-corrected chi connectivity index (χ4v) is 3.81. The van der Waals surface area contributed by atoms with Crippen molar-refractivity contribution in [1.82, 2.24) is 10.2 Å². The number of benzene rings is 2. The van der Waals surface area contributed by atoms with Gasteiger partial charge >= 0.3 is 0 Å². The second-order valence-corrected chi connectivity index (χ2v) is 7.62. The van der Waals surface area contributed by atoms with Crippen LogP contribution in [0.25, 0.3) is 12.2 Å². The number of nitrogens with zero attached hydrogens (tertiary/aromatic N) is 1. The SMILES string of the molecule is O=C(C=Cc1ccc(F)cc1)NCCN1C(=O)SC(=Cc2ccc3c(c2)OCO3)C1=O. The molecule has 0 saturated carbocycles. The van der Waals surface area contributed by atoms with Crippen LogP contribution >= 0.6 is 11.8 Å². The van der Waals surface area contributed by atoms with Crippen molar-refractivity contribution < 1.29 is 28.2 Å². The number of carbonyl (C=O) groups is 3. The second kappa shape index (κ2) is 9.05. The molecular formula is C22H17FN2O5S. The molecule has 2 aromatic rings. The summed E-state index contributed by atoms with van der Waals surface area (Å²) in [6.45, 7) is 0.321. The summed E-state index contributed by atoms with van der Waals surface area (Å²) in [5.74, 6) is 0.0705. The van der Waals surface area contributed by atoms with Gasteiger partial charge in [-0.3, -0.25) is 19.3 Å². The van der Waals surface area contributed by atoms with Gasteiger partial charge in [0.2, 0.25) is 12.7 Å². The number of imide groups is 1. The standard InChI is InChI=1S/C22H17FN2O5S/c23-16-5-1-14(2-6-16)4-8-20(26)24-9-10-25-21(27)19(31-22(25)28)12-15-3-7-17-18(11-15)30-13-29-17/h1-8,11-12H,9-10,13H2,(H,24,26). The number of halogens is 1. The zero-order valence-corrected chi connectivity index (χ0v) is 17.0. The number of thioether (sulfide) groups is 1. The molecule has 0 spiro atoms. The van der Waals surface area contributed by atoms with Crippen molar-refractivity contribution in [1.29, 1.82) is 0 Å². The van der Waals surface area contributed by atoms with E-state index in [-0.39, 0.29) is 31.6 Å². The van der Waals surface area contributed by atoms with Crippen LogP contribution in [0.15, 0.2) is 53.4 Å². The third-order valence-corrected chi connectivity index (χ3v) is 5.41. The lowest BCUT2D eigenvalue weighted by Gasteiger charge is -2.12. The molecule has 31 heavy (non-hydrogen) atoms. The van der Waals surface area contributed by atoms with Crippen molar-refractivity contribution >= 4 is 41.0 Å². The first-order valence-corrected chi connectivity index (χ1v) is 10.2. The lowest BCUT2D eigenvalue weighted by molar-refractivity contribution is -0.123. The molecular weight excluding hydrogens is 423 g/mol. The third-order valence-electron chi connectivity index (χ3n) is 4.50. The van der Waals surface area contributed by atoms with Gasteiger partial charge in [-0.25, -0.2) is 4.39 Å². The Labute approximate surface area is 181 Å². The second-order valence-electron chi connectivity index (χ2n) is 6.62. The predicted molar refractivity (Wildman–Crippen MR) is 114 cm³/mol. The van der Waals surface area contributed by atoms with E-state index in [1.165, 1.54) is 18.2 Å². The monoisotopic (exact) mass is 440 g/mol. The first-order chi connectivity index (χ1) is 15.0. The molecule has 158 valence electrons. The van der Waals surface area contributed by atoms with Gasteiger partial charge in [-0.1, -0.05) is 18.2 Å². The van der Waals surface area contributed by atoms with Gasteiger partial charge in [-0.15, -0.1) is 0 Å². The molecule has 4 rings (SSSR count). The number of rotatable bonds is 6. The van der Waals surface area contributed by atoms with Gasteiger partial charge in [-0.05, 0) is 59.3 Å². The molecule has 0 bridgehead atoms. The van der Waals surface area contributed by atoms with Crippen molar-refractivity contribution in [2.75, 3.05) is 19.9 Å². The van der Waals surface area contributed by atoms with E-state index in [2.05, 4.69) is 5.32 Å². The zero-order chi connectivity index (χ0) is 21.8. The number of ether oxygens (including phenoxy) is 2. The molecule has 0 atom stereocenters. The van der Waals surface area contributed by atoms with E-state index in [1.807, 2.05) is 0 Å². The quantitative estimate of drug-likeness (QED) is 0.693. The van der Waals surface area contributed by atoms with Crippen LogP contribution in [0.4, 0.5) is 9.18 Å². The number of fused-ring (bicyclic) bond motifs is 1. The molecule has 3 amide bonds. The van der Waals surface area contributed by atoms with E-state index in [0.29, 0.717) is 27.5 Å². The Kier molecular flexibility index (Phi) is 6.03. The van der Waals surface area contributed by atoms with Crippen LogP contribution in [0.5, 0.6) is 11.5 Å². The van der Waals surface area contributed by atoms with E-state index in [0.717, 1.165) is 16.7 Å². The number of hydrogen-bond acceptors (Lipinski definition) is 6. The van der Waals surface area contributed by atoms with Crippen molar-refractivity contribution in [3.63, 3.8) is 0 Å². The number of carbonyl (C=O) groups excluding carboxylic acids is 3. The molecule has 1 saturated heterocycles. The summed E-state index contributed by atoms with van der Waals surface area (Å²) in [7, 11) is 0. The van der Waals surface area contributed by atoms with E-state index >= 15 is 0 Å². The molecule has 2 aliphatic heterocycles. The Morgan fingerprint density at radius 3 is 2.65 bits per heavy atom. The average Bonchev–Trinajstić information content (AvgIpc) is 3.32. The fourth-order valence-electron chi connectivity index (χ4n) is 2.94. The summed E-state index contributed by atoms with van der Waals surface area (Å²) in [5, 5.41) is 2.22. The lowest BCUT2D eigenvalue weighted by atomic mass is 10.2. The zero-order valence-electron chi connectivity index (χ0n) is 16.2. The minimum Gasteiger partial charge on any atom is -0.454 e. The summed E-state index contributed by atoms with van der Waals surface area (Å²) in [6, 6.07) is 11.0. The Morgan fingerprint density at radius 1 is 1.10 bits per heavy atom. The minimum absolute atomic E-state index is 0.0548. The molecule has 2 aliphatic rings. The first-order valence-electron chi connectivity index (χ1n) is 9.36. The highest BCUT2D eigenvalue weighted by molar-refractivity contribution is 8.18. The molecule has 2 heterocycles. The Morgan fingerprint density at radius 2 is 1.84 bits per heavy atom. The smallest absolute Gasteiger partial charge is 0.293 e. The number of nitrogens with one attached hydrogen (secondary N) is 1. The molecule has 2 aromatic carbocycles. The highest BCUT2D eigenvalue weighted by Gasteiger charge is 2.34. The van der Waals surface area contributed by atoms with Crippen LogP contribution in [0.2, 0.25) is 0 Å². The van der Waals surface area contributed by atoms with Gasteiger partial charge in [0, 0.05) is 19.2 Å². The van der Waals surface area contributed by atoms with Crippen LogP contribution in [-0.4, -0.2) is 41.8 Å². The molecule has 9 heteroatoms. The van der Waals surface area contributed by atoms with Crippen LogP contribution in [-0.2, 0) is 9.59 Å². The molecule has 0 aliphatic carbocycles. The van der Waals surface area contributed by atoms with Crippen molar-refractivity contribution in [2.24, 2.45) is 0 Å². The van der Waals surface area contributed by atoms with E-state index in [1.54, 1.807) is 42.5 Å². The van der Waals surface area contributed by atoms with Crippen molar-refractivity contribution in [3.05, 3.63) is 70.4 Å². The van der Waals surface area contributed by atoms with Crippen LogP contribution < -0.4 is 14.8 Å². The van der Waals surface area contributed by atoms with Crippen LogP contribution in [0.3, 0.4) is 0 Å². The summed E-state index contributed by atoms with van der Waals surface area (Å²) in [6.07, 6.45) is 4.47. The Hall–Kier alpha value is -3.59. The van der Waals surface area contributed by atoms with E-state index in [4.69, 9.17) is 9.47 Å². The minimum atomic E-state index is -0.413. The van der Waals surface area contributed by atoms with E-state index in [9.17, 15) is 18.8 Å². The fraction of sp³-hybridized carbons (Fsp3) is 0.136. The van der Waals surface area contributed by atoms with Gasteiger partial charge in [0.05, 0.1) is 4.91 Å². The topological polar surface area (TPSA) is 84.9 Å². The summed E-state index contributed by atoms with van der Waals surface area (Å²) in [4.78, 5) is 38.1. The van der Waals surface area contributed by atoms with E-state index < -0.39 is 11.1 Å². The molecule has 1 fully saturated rings. The van der Waals surface area contributed by atoms with Crippen molar-refractivity contribution in [2.45, 2.75) is 0 Å². The Bertz CT molecular complexity index is 1100. The van der Waals surface area contributed by atoms with Gasteiger partial charge in [0.25, 0.3) is 11.1 Å². The maximum absolute atomic E-state index is 12.9. The molecule has 0 unspecified atom stereocenters. The molecule has 0 aromatic heterocycles. The third kappa shape index (κ3) is 4.95. The highest BCUT2D eigenvalue weighted by atomic mass is 32.2. The normalized spacial score (nSPS) is 16.5. The Balaban J connectivity index is 1.31. The van der Waals surface area contributed by atoms with Gasteiger partial charge in [0.15, 0.2) is 11.5 Å². The van der Waals surface area contributed by atoms with Crippen LogP contribution in [0.1, 0.15) is 11.1 Å². The average molecular weight is 440 g/mol. The van der Waals surface area contributed by atoms with Gasteiger partial charge in [0.1, 0.15) is 5.82 Å². The number of amides is 3. The molecule has 0 radical (unpaired) electrons. The van der Waals surface area contributed by atoms with Gasteiger partial charge < -0.3 is 14.8 Å². The summed E-state index contributed by atoms with van der Waals surface area (Å²) in [5.41, 5.74) is 1.39. The van der Waals surface area contributed by atoms with Crippen LogP contribution in [0, 0.1) is 5.82 Å². The van der Waals surface area contributed by atoms with Crippen molar-refractivity contribution in [3.8, 4) is 11.5 Å². The maximum Gasteiger partial charge on any atom is 0.293 e. The molecule has 1 N–H and O–H groups in total. The predicted octanol–water partition coefficient (Wildman–Crippen LogP) is 3.42. The summed E-state index contributed by atoms with van der Waals surface area (Å²) >= 11 is 0.847. The highest BCUT2D eigenvalue weighted by Crippen LogP contribution is 2.36. The largest absolute Gasteiger partial charge is 0.454 e. The summed E-state index contributed by atoms with van der Waals surface area (Å²) < 4.78 is 23.5. The molecule has 7 nitrogen and oxygen atoms in total. The number of hydrogen-bond donors (Lipinski definition) is 1.